The molecule has 0 unspecified atom stereocenters. The Hall–Kier alpha value is -1.84. The first-order chi connectivity index (χ1) is 13.1. The number of benzene rings is 2. The predicted octanol–water partition coefficient (Wildman–Crippen LogP) is 6.87. The van der Waals surface area contributed by atoms with Gasteiger partial charge in [-0.1, -0.05) is 66.9 Å². The van der Waals surface area contributed by atoms with Gasteiger partial charge < -0.3 is 0 Å². The minimum absolute atomic E-state index is 0.409. The molecule has 0 aromatic heterocycles. The lowest BCUT2D eigenvalue weighted by Crippen LogP contribution is -2.08. The minimum atomic E-state index is -3.42. The van der Waals surface area contributed by atoms with Crippen LogP contribution in [0, 0.1) is 6.92 Å². The summed E-state index contributed by atoms with van der Waals surface area (Å²) in [6.07, 6.45) is 2.90. The van der Waals surface area contributed by atoms with Crippen molar-refractivity contribution in [1.29, 1.82) is 0 Å². The maximum atomic E-state index is 12.8. The number of allylic oxidation sites excluding steroid dienone is 3. The molecular formula is C24H29ClO2S. The highest BCUT2D eigenvalue weighted by Crippen LogP contribution is 2.39. The Bertz CT molecular complexity index is 1020. The molecule has 0 heterocycles. The molecule has 0 saturated heterocycles. The molecule has 0 atom stereocenters. The van der Waals surface area contributed by atoms with Crippen LogP contribution in [0.25, 0.3) is 11.1 Å². The summed E-state index contributed by atoms with van der Waals surface area (Å²) in [5, 5.41) is 0.662. The first kappa shape index (κ1) is 22.4. The Morgan fingerprint density at radius 1 is 0.964 bits per heavy atom. The van der Waals surface area contributed by atoms with Gasteiger partial charge in [0, 0.05) is 16.9 Å². The van der Waals surface area contributed by atoms with Crippen LogP contribution in [-0.2, 0) is 16.3 Å². The van der Waals surface area contributed by atoms with Gasteiger partial charge in [0.15, 0.2) is 9.84 Å². The first-order valence-corrected chi connectivity index (χ1v) is 11.8. The predicted molar refractivity (Wildman–Crippen MR) is 122 cm³/mol. The van der Waals surface area contributed by atoms with E-state index in [2.05, 4.69) is 39.0 Å². The number of hydrogen-bond donors (Lipinski definition) is 0. The highest BCUT2D eigenvalue weighted by atomic mass is 35.5. The number of sulfone groups is 1. The van der Waals surface area contributed by atoms with Crippen molar-refractivity contribution < 1.29 is 8.42 Å². The lowest BCUT2D eigenvalue weighted by atomic mass is 9.89. The molecule has 2 aromatic rings. The second-order valence-electron chi connectivity index (χ2n) is 7.38. The molecule has 28 heavy (non-hydrogen) atoms. The van der Waals surface area contributed by atoms with Crippen LogP contribution >= 0.6 is 11.6 Å². The van der Waals surface area contributed by atoms with E-state index in [1.54, 1.807) is 0 Å². The molecule has 0 bridgehead atoms. The largest absolute Gasteiger partial charge is 0.224 e. The van der Waals surface area contributed by atoms with E-state index in [4.69, 9.17) is 11.6 Å². The molecule has 0 radical (unpaired) electrons. The van der Waals surface area contributed by atoms with Gasteiger partial charge in [-0.2, -0.15) is 0 Å². The normalized spacial score (nSPS) is 12.5. The fraction of sp³-hybridized carbons (Fsp3) is 0.333. The molecule has 0 saturated carbocycles. The summed E-state index contributed by atoms with van der Waals surface area (Å²) >= 11 is 6.08. The molecule has 2 aromatic carbocycles. The van der Waals surface area contributed by atoms with Crippen LogP contribution < -0.4 is 0 Å². The average molecular weight is 417 g/mol. The molecule has 0 fully saturated rings. The van der Waals surface area contributed by atoms with Crippen molar-refractivity contribution >= 4 is 32.6 Å². The van der Waals surface area contributed by atoms with Gasteiger partial charge in [0.1, 0.15) is 0 Å². The summed E-state index contributed by atoms with van der Waals surface area (Å²) in [4.78, 5) is 0.409. The summed E-state index contributed by atoms with van der Waals surface area (Å²) in [6.45, 7) is 9.95. The van der Waals surface area contributed by atoms with Gasteiger partial charge >= 0.3 is 0 Å². The van der Waals surface area contributed by atoms with Crippen LogP contribution in [0.1, 0.15) is 56.4 Å². The lowest BCUT2D eigenvalue weighted by Gasteiger charge is -2.20. The smallest absolute Gasteiger partial charge is 0.176 e. The SMILES string of the molecule is CC/C(=C(\C(=C(C)C)S(C)(=O)=O)c1cc(C)cc(CC)c1)c1ccc(Cl)cc1. The van der Waals surface area contributed by atoms with Crippen LogP contribution in [0.15, 0.2) is 52.9 Å². The van der Waals surface area contributed by atoms with Crippen molar-refractivity contribution in [2.75, 3.05) is 6.26 Å². The summed E-state index contributed by atoms with van der Waals surface area (Å²) < 4.78 is 25.6. The van der Waals surface area contributed by atoms with Crippen LogP contribution in [0.4, 0.5) is 0 Å². The van der Waals surface area contributed by atoms with Crippen molar-refractivity contribution in [3.05, 3.63) is 80.2 Å². The number of hydrogen-bond acceptors (Lipinski definition) is 2. The van der Waals surface area contributed by atoms with Crippen molar-refractivity contribution in [3.63, 3.8) is 0 Å². The molecule has 0 amide bonds. The van der Waals surface area contributed by atoms with E-state index in [-0.39, 0.29) is 0 Å². The Morgan fingerprint density at radius 3 is 2.04 bits per heavy atom. The van der Waals surface area contributed by atoms with E-state index in [0.29, 0.717) is 16.3 Å². The summed E-state index contributed by atoms with van der Waals surface area (Å²) in [7, 11) is -3.42. The summed E-state index contributed by atoms with van der Waals surface area (Å²) in [6, 6.07) is 14.0. The zero-order chi connectivity index (χ0) is 21.1. The molecule has 0 aliphatic rings. The zero-order valence-corrected chi connectivity index (χ0v) is 19.1. The van der Waals surface area contributed by atoms with Crippen molar-refractivity contribution in [2.24, 2.45) is 0 Å². The molecule has 4 heteroatoms. The van der Waals surface area contributed by atoms with Gasteiger partial charge in [0.05, 0.1) is 4.91 Å². The van der Waals surface area contributed by atoms with E-state index >= 15 is 0 Å². The van der Waals surface area contributed by atoms with Crippen LogP contribution in [-0.4, -0.2) is 14.7 Å². The Morgan fingerprint density at radius 2 is 1.57 bits per heavy atom. The minimum Gasteiger partial charge on any atom is -0.224 e. The third kappa shape index (κ3) is 5.15. The molecule has 0 N–H and O–H groups in total. The van der Waals surface area contributed by atoms with Crippen molar-refractivity contribution in [2.45, 2.75) is 47.5 Å². The molecule has 2 nitrogen and oxygen atoms in total. The van der Waals surface area contributed by atoms with Crippen LogP contribution in [0.5, 0.6) is 0 Å². The molecule has 150 valence electrons. The maximum Gasteiger partial charge on any atom is 0.176 e. The summed E-state index contributed by atoms with van der Waals surface area (Å²) in [5.74, 6) is 0. The first-order valence-electron chi connectivity index (χ1n) is 9.56. The van der Waals surface area contributed by atoms with Gasteiger partial charge in [-0.3, -0.25) is 0 Å². The third-order valence-electron chi connectivity index (χ3n) is 4.73. The lowest BCUT2D eigenvalue weighted by molar-refractivity contribution is 0.608. The molecule has 0 aliphatic heterocycles. The van der Waals surface area contributed by atoms with Gasteiger partial charge in [-0.25, -0.2) is 8.42 Å². The Balaban J connectivity index is 3.00. The molecule has 0 aliphatic carbocycles. The maximum absolute atomic E-state index is 12.8. The topological polar surface area (TPSA) is 34.1 Å². The number of aryl methyl sites for hydroxylation is 2. The third-order valence-corrected chi connectivity index (χ3v) is 6.34. The van der Waals surface area contributed by atoms with E-state index < -0.39 is 9.84 Å². The fourth-order valence-corrected chi connectivity index (χ4v) is 5.12. The van der Waals surface area contributed by atoms with Gasteiger partial charge in [0.25, 0.3) is 0 Å². The van der Waals surface area contributed by atoms with Gasteiger partial charge in [0.2, 0.25) is 0 Å². The molecule has 2 rings (SSSR count). The molecule has 0 spiro atoms. The van der Waals surface area contributed by atoms with E-state index in [1.807, 2.05) is 38.1 Å². The fourth-order valence-electron chi connectivity index (χ4n) is 3.64. The molecular weight excluding hydrogens is 388 g/mol. The second-order valence-corrected chi connectivity index (χ2v) is 9.77. The van der Waals surface area contributed by atoms with Crippen LogP contribution in [0.2, 0.25) is 5.02 Å². The summed E-state index contributed by atoms with van der Waals surface area (Å²) in [5.41, 5.74) is 6.85. The Kier molecular flexibility index (Phi) is 7.30. The standard InChI is InChI=1S/C24H29ClO2S/c1-7-18-13-17(5)14-20(15-18)23(24(16(3)4)28(6,26)27)22(8-2)19-9-11-21(25)12-10-19/h9-15H,7-8H2,1-6H3/b23-22+. The van der Waals surface area contributed by atoms with Crippen molar-refractivity contribution in [3.8, 4) is 0 Å². The van der Waals surface area contributed by atoms with Crippen molar-refractivity contribution in [1.82, 2.24) is 0 Å². The number of halogens is 1. The highest BCUT2D eigenvalue weighted by Gasteiger charge is 2.24. The monoisotopic (exact) mass is 416 g/mol. The second kappa shape index (κ2) is 9.11. The van der Waals surface area contributed by atoms with E-state index in [9.17, 15) is 8.42 Å². The quantitative estimate of drug-likeness (QED) is 0.380. The zero-order valence-electron chi connectivity index (χ0n) is 17.6. The Labute approximate surface area is 174 Å². The van der Waals surface area contributed by atoms with E-state index in [0.717, 1.165) is 39.8 Å². The highest BCUT2D eigenvalue weighted by molar-refractivity contribution is 7.95. The van der Waals surface area contributed by atoms with E-state index in [1.165, 1.54) is 11.8 Å². The van der Waals surface area contributed by atoms with Gasteiger partial charge in [-0.05, 0) is 68.0 Å². The average Bonchev–Trinajstić information content (AvgIpc) is 2.60. The van der Waals surface area contributed by atoms with Gasteiger partial charge in [-0.15, -0.1) is 0 Å². The number of rotatable bonds is 6. The van der Waals surface area contributed by atoms with Crippen LogP contribution in [0.3, 0.4) is 0 Å².